The van der Waals surface area contributed by atoms with Crippen LogP contribution >= 0.6 is 0 Å². The second-order valence-corrected chi connectivity index (χ2v) is 12.2. The van der Waals surface area contributed by atoms with Crippen LogP contribution in [0.5, 0.6) is 5.75 Å². The second kappa shape index (κ2) is 12.6. The van der Waals surface area contributed by atoms with Gasteiger partial charge < -0.3 is 29.1 Å². The summed E-state index contributed by atoms with van der Waals surface area (Å²) in [4.78, 5) is 46.4. The molecule has 2 amide bonds. The number of amides is 2. The van der Waals surface area contributed by atoms with Crippen molar-refractivity contribution in [3.8, 4) is 5.75 Å². The van der Waals surface area contributed by atoms with Gasteiger partial charge in [0.2, 0.25) is 5.91 Å². The predicted molar refractivity (Wildman–Crippen MR) is 166 cm³/mol. The number of carbonyl (C=O) groups excluding carboxylic acids is 3. The Morgan fingerprint density at radius 3 is 2.48 bits per heavy atom. The number of nitrogens with zero attached hydrogens (tertiary/aromatic N) is 2. The van der Waals surface area contributed by atoms with Gasteiger partial charge >= 0.3 is 5.97 Å². The molecule has 5 rings (SSSR count). The van der Waals surface area contributed by atoms with Crippen LogP contribution in [0.25, 0.3) is 0 Å². The molecule has 9 nitrogen and oxygen atoms in total. The molecule has 3 saturated heterocycles. The molecule has 0 aliphatic carbocycles. The number of aliphatic hydroxyl groups is 1. The van der Waals surface area contributed by atoms with E-state index in [2.05, 4.69) is 13.2 Å². The highest BCUT2D eigenvalue weighted by Crippen LogP contribution is 2.65. The van der Waals surface area contributed by atoms with Crippen molar-refractivity contribution in [2.75, 3.05) is 31.8 Å². The topological polar surface area (TPSA) is 106 Å². The Balaban J connectivity index is 1.62. The lowest BCUT2D eigenvalue weighted by atomic mass is 9.62. The van der Waals surface area contributed by atoms with Crippen molar-refractivity contribution in [2.24, 2.45) is 17.8 Å². The molecule has 3 aliphatic rings. The minimum absolute atomic E-state index is 0.140. The van der Waals surface area contributed by atoms with Crippen molar-refractivity contribution in [2.45, 2.75) is 56.4 Å². The maximum Gasteiger partial charge on any atom is 0.312 e. The normalized spacial score (nSPS) is 29.2. The van der Waals surface area contributed by atoms with Crippen LogP contribution in [0, 0.1) is 17.8 Å². The van der Waals surface area contributed by atoms with Gasteiger partial charge in [0.1, 0.15) is 23.3 Å². The van der Waals surface area contributed by atoms with E-state index in [-0.39, 0.29) is 37.5 Å². The summed E-state index contributed by atoms with van der Waals surface area (Å²) in [6, 6.07) is 14.8. The summed E-state index contributed by atoms with van der Waals surface area (Å²) >= 11 is 0. The molecule has 234 valence electrons. The maximum atomic E-state index is 14.9. The van der Waals surface area contributed by atoms with E-state index in [9.17, 15) is 19.5 Å². The SMILES string of the molecule is C=CCCOC(=O)[C@H]1[C@H]2C(=O)N([C@@H](CO)Cc3ccccc3)C(C(=O)N(CC=C)c3ccc(OC)cc3)C23CC(C)[C@]1(C)O3. The zero-order valence-electron chi connectivity index (χ0n) is 25.7. The number of esters is 1. The molecule has 0 radical (unpaired) electrons. The number of carbonyl (C=O) groups is 3. The minimum Gasteiger partial charge on any atom is -0.497 e. The number of anilines is 1. The third-order valence-electron chi connectivity index (χ3n) is 9.69. The first-order valence-corrected chi connectivity index (χ1v) is 15.2. The van der Waals surface area contributed by atoms with Crippen molar-refractivity contribution in [3.05, 3.63) is 85.5 Å². The Hall–Kier alpha value is -3.95. The Kier molecular flexibility index (Phi) is 9.00. The van der Waals surface area contributed by atoms with Gasteiger partial charge in [-0.05, 0) is 61.9 Å². The Bertz CT molecular complexity index is 1400. The molecule has 1 N–H and O–H groups in total. The van der Waals surface area contributed by atoms with Crippen LogP contribution in [0.4, 0.5) is 5.69 Å². The summed E-state index contributed by atoms with van der Waals surface area (Å²) in [5, 5.41) is 10.7. The molecule has 2 bridgehead atoms. The standard InChI is InChI=1S/C35H42N2O7/c1-6-8-19-43-33(41)29-28-31(39)37(26(22-38)20-24-12-10-9-11-13-24)30(35(28)21-23(3)34(29,4)44-35)32(40)36(18-7-2)25-14-16-27(42-5)17-15-25/h6-7,9-17,23,26,28-30,38H,1-2,8,18-22H2,3-5H3/t23?,26-,28+,29-,30?,34+,35?/m1/s1. The van der Waals surface area contributed by atoms with Gasteiger partial charge in [0, 0.05) is 12.2 Å². The van der Waals surface area contributed by atoms with Crippen molar-refractivity contribution < 1.29 is 33.7 Å². The fraction of sp³-hybridized carbons (Fsp3) is 0.457. The van der Waals surface area contributed by atoms with Crippen molar-refractivity contribution in [3.63, 3.8) is 0 Å². The average Bonchev–Trinajstić information content (AvgIpc) is 3.55. The number of hydrogen-bond donors (Lipinski definition) is 1. The third-order valence-corrected chi connectivity index (χ3v) is 9.69. The Labute approximate surface area is 259 Å². The average molecular weight is 603 g/mol. The third kappa shape index (κ3) is 5.12. The van der Waals surface area contributed by atoms with Crippen LogP contribution < -0.4 is 9.64 Å². The number of methoxy groups -OCH3 is 1. The molecule has 2 aromatic carbocycles. The largest absolute Gasteiger partial charge is 0.497 e. The molecule has 1 spiro atoms. The molecule has 0 saturated carbocycles. The fourth-order valence-electron chi connectivity index (χ4n) is 7.54. The van der Waals surface area contributed by atoms with E-state index in [0.29, 0.717) is 30.7 Å². The number of rotatable bonds is 13. The van der Waals surface area contributed by atoms with Gasteiger partial charge in [-0.3, -0.25) is 14.4 Å². The predicted octanol–water partition coefficient (Wildman–Crippen LogP) is 3.95. The summed E-state index contributed by atoms with van der Waals surface area (Å²) < 4.78 is 17.8. The van der Waals surface area contributed by atoms with E-state index in [1.165, 1.54) is 4.90 Å². The molecule has 3 unspecified atom stereocenters. The smallest absolute Gasteiger partial charge is 0.312 e. The van der Waals surface area contributed by atoms with Crippen LogP contribution in [0.1, 0.15) is 32.3 Å². The van der Waals surface area contributed by atoms with Crippen LogP contribution in [-0.4, -0.2) is 77.9 Å². The molecule has 3 fully saturated rings. The van der Waals surface area contributed by atoms with Gasteiger partial charge in [-0.15, -0.1) is 13.2 Å². The fourth-order valence-corrected chi connectivity index (χ4v) is 7.54. The summed E-state index contributed by atoms with van der Waals surface area (Å²) in [5.41, 5.74) is -0.795. The minimum atomic E-state index is -1.29. The monoisotopic (exact) mass is 602 g/mol. The zero-order chi connectivity index (χ0) is 31.6. The van der Waals surface area contributed by atoms with Gasteiger partial charge in [-0.25, -0.2) is 0 Å². The molecular formula is C35H42N2O7. The first kappa shape index (κ1) is 31.5. The second-order valence-electron chi connectivity index (χ2n) is 12.2. The van der Waals surface area contributed by atoms with E-state index in [0.717, 1.165) is 5.56 Å². The highest BCUT2D eigenvalue weighted by molar-refractivity contribution is 6.05. The highest BCUT2D eigenvalue weighted by Gasteiger charge is 2.80. The number of hydrogen-bond acceptors (Lipinski definition) is 7. The molecule has 44 heavy (non-hydrogen) atoms. The Morgan fingerprint density at radius 1 is 1.16 bits per heavy atom. The van der Waals surface area contributed by atoms with Crippen LogP contribution in [0.3, 0.4) is 0 Å². The van der Waals surface area contributed by atoms with Crippen molar-refractivity contribution >= 4 is 23.5 Å². The number of likely N-dealkylation sites (tertiary alicyclic amines) is 1. The van der Waals surface area contributed by atoms with Gasteiger partial charge in [0.25, 0.3) is 5.91 Å². The van der Waals surface area contributed by atoms with Gasteiger partial charge in [-0.2, -0.15) is 0 Å². The summed E-state index contributed by atoms with van der Waals surface area (Å²) in [7, 11) is 1.57. The molecule has 9 heteroatoms. The van der Waals surface area contributed by atoms with Gasteiger partial charge in [0.15, 0.2) is 0 Å². The zero-order valence-corrected chi connectivity index (χ0v) is 25.7. The summed E-state index contributed by atoms with van der Waals surface area (Å²) in [6.07, 6.45) is 4.49. The van der Waals surface area contributed by atoms with E-state index < -0.39 is 41.1 Å². The highest BCUT2D eigenvalue weighted by atomic mass is 16.6. The lowest BCUT2D eigenvalue weighted by molar-refractivity contribution is -0.162. The van der Waals surface area contributed by atoms with Crippen molar-refractivity contribution in [1.29, 1.82) is 0 Å². The van der Waals surface area contributed by atoms with Crippen LogP contribution in [0.15, 0.2) is 79.9 Å². The van der Waals surface area contributed by atoms with E-state index in [4.69, 9.17) is 14.2 Å². The number of ether oxygens (including phenoxy) is 3. The van der Waals surface area contributed by atoms with E-state index in [1.54, 1.807) is 48.4 Å². The number of aliphatic hydroxyl groups excluding tert-OH is 1. The molecular weight excluding hydrogens is 560 g/mol. The lowest BCUT2D eigenvalue weighted by Crippen LogP contribution is -2.59. The van der Waals surface area contributed by atoms with E-state index >= 15 is 0 Å². The first-order valence-electron chi connectivity index (χ1n) is 15.2. The molecule has 3 aliphatic heterocycles. The van der Waals surface area contributed by atoms with Gasteiger partial charge in [0.05, 0.1) is 37.9 Å². The maximum absolute atomic E-state index is 14.9. The quantitative estimate of drug-likeness (QED) is 0.210. The van der Waals surface area contributed by atoms with Crippen LogP contribution in [0.2, 0.25) is 0 Å². The van der Waals surface area contributed by atoms with Gasteiger partial charge in [-0.1, -0.05) is 49.4 Å². The molecule has 7 atom stereocenters. The first-order chi connectivity index (χ1) is 21.2. The summed E-state index contributed by atoms with van der Waals surface area (Å²) in [6.45, 7) is 11.3. The molecule has 0 aromatic heterocycles. The number of fused-ring (bicyclic) bond motifs is 1. The summed E-state index contributed by atoms with van der Waals surface area (Å²) in [5.74, 6) is -2.63. The molecule has 3 heterocycles. The lowest BCUT2D eigenvalue weighted by Gasteiger charge is -2.39. The van der Waals surface area contributed by atoms with E-state index in [1.807, 2.05) is 44.2 Å². The van der Waals surface area contributed by atoms with Crippen molar-refractivity contribution in [1.82, 2.24) is 4.90 Å². The van der Waals surface area contributed by atoms with Crippen LogP contribution in [-0.2, 0) is 30.3 Å². The Morgan fingerprint density at radius 2 is 1.86 bits per heavy atom. The molecule has 2 aromatic rings. The number of benzene rings is 2.